The van der Waals surface area contributed by atoms with Gasteiger partial charge in [-0.1, -0.05) is 42.5 Å². The first-order chi connectivity index (χ1) is 15.0. The van der Waals surface area contributed by atoms with Crippen molar-refractivity contribution in [1.29, 1.82) is 0 Å². The molecule has 3 rings (SSSR count). The number of nitro benzene ring substituents is 1. The second kappa shape index (κ2) is 9.88. The van der Waals surface area contributed by atoms with Gasteiger partial charge in [-0.05, 0) is 23.3 Å². The number of hydrogen-bond donors (Lipinski definition) is 2. The molecular weight excluding hydrogens is 402 g/mol. The van der Waals surface area contributed by atoms with E-state index in [1.807, 2.05) is 42.5 Å². The largest absolute Gasteiger partial charge is 0.504 e. The molecule has 31 heavy (non-hydrogen) atoms. The monoisotopic (exact) mass is 421 g/mol. The van der Waals surface area contributed by atoms with E-state index in [-0.39, 0.29) is 29.4 Å². The highest BCUT2D eigenvalue weighted by Gasteiger charge is 2.15. The molecule has 0 fully saturated rings. The zero-order chi connectivity index (χ0) is 22.2. The fourth-order valence-electron chi connectivity index (χ4n) is 2.70. The molecule has 0 aliphatic carbocycles. The minimum atomic E-state index is -0.630. The van der Waals surface area contributed by atoms with Crippen LogP contribution >= 0.6 is 0 Å². The average Bonchev–Trinajstić information content (AvgIpc) is 2.79. The lowest BCUT2D eigenvalue weighted by atomic mass is 10.1. The van der Waals surface area contributed by atoms with Gasteiger partial charge in [-0.25, -0.2) is 5.43 Å². The molecule has 158 valence electrons. The number of hydrogen-bond acceptors (Lipinski definition) is 7. The van der Waals surface area contributed by atoms with Crippen LogP contribution in [0, 0.1) is 10.1 Å². The van der Waals surface area contributed by atoms with Crippen molar-refractivity contribution in [1.82, 2.24) is 5.43 Å². The number of nitrogens with one attached hydrogen (secondary N) is 1. The molecule has 0 bridgehead atoms. The summed E-state index contributed by atoms with van der Waals surface area (Å²) < 4.78 is 10.3. The summed E-state index contributed by atoms with van der Waals surface area (Å²) in [6.07, 6.45) is 1.08. The van der Waals surface area contributed by atoms with Gasteiger partial charge in [0.25, 0.3) is 11.6 Å². The third-order valence-electron chi connectivity index (χ3n) is 4.24. The maximum Gasteiger partial charge on any atom is 0.277 e. The molecular formula is C22H19N3O6. The molecule has 9 heteroatoms. The van der Waals surface area contributed by atoms with Crippen molar-refractivity contribution in [2.24, 2.45) is 5.10 Å². The first kappa shape index (κ1) is 21.3. The van der Waals surface area contributed by atoms with Gasteiger partial charge in [-0.15, -0.1) is 0 Å². The van der Waals surface area contributed by atoms with Crippen LogP contribution in [-0.2, 0) is 4.79 Å². The quantitative estimate of drug-likeness (QED) is 0.326. The third-order valence-corrected chi connectivity index (χ3v) is 4.24. The predicted octanol–water partition coefficient (Wildman–Crippen LogP) is 3.51. The predicted molar refractivity (Wildman–Crippen MR) is 114 cm³/mol. The second-order valence-electron chi connectivity index (χ2n) is 6.32. The molecule has 3 aromatic rings. The van der Waals surface area contributed by atoms with Crippen LogP contribution in [-0.4, -0.2) is 35.9 Å². The molecule has 0 spiro atoms. The molecule has 0 aromatic heterocycles. The Bertz CT molecular complexity index is 1100. The zero-order valence-corrected chi connectivity index (χ0v) is 16.5. The van der Waals surface area contributed by atoms with Crippen molar-refractivity contribution in [3.8, 4) is 28.4 Å². The van der Waals surface area contributed by atoms with E-state index < -0.39 is 10.8 Å². The van der Waals surface area contributed by atoms with E-state index in [0.29, 0.717) is 5.75 Å². The summed E-state index contributed by atoms with van der Waals surface area (Å²) in [6, 6.07) is 19.3. The van der Waals surface area contributed by atoms with Crippen LogP contribution < -0.4 is 14.9 Å². The first-order valence-corrected chi connectivity index (χ1v) is 9.13. The number of aromatic hydroxyl groups is 1. The summed E-state index contributed by atoms with van der Waals surface area (Å²) in [5.41, 5.74) is 4.06. The van der Waals surface area contributed by atoms with Gasteiger partial charge in [0.05, 0.1) is 24.3 Å². The Hall–Kier alpha value is -4.40. The summed E-state index contributed by atoms with van der Waals surface area (Å²) in [7, 11) is 1.27. The van der Waals surface area contributed by atoms with Crippen molar-refractivity contribution in [2.45, 2.75) is 0 Å². The number of ether oxygens (including phenoxy) is 2. The number of nitro groups is 1. The third kappa shape index (κ3) is 5.57. The van der Waals surface area contributed by atoms with Gasteiger partial charge in [0, 0.05) is 11.6 Å². The number of amides is 1. The van der Waals surface area contributed by atoms with E-state index in [9.17, 15) is 20.0 Å². The summed E-state index contributed by atoms with van der Waals surface area (Å²) in [4.78, 5) is 22.3. The van der Waals surface area contributed by atoms with Crippen LogP contribution in [0.1, 0.15) is 5.56 Å². The van der Waals surface area contributed by atoms with E-state index in [4.69, 9.17) is 9.47 Å². The summed E-state index contributed by atoms with van der Waals surface area (Å²) in [5, 5.41) is 24.7. The van der Waals surface area contributed by atoms with Crippen LogP contribution in [0.5, 0.6) is 17.2 Å². The number of nitrogens with zero attached hydrogens (tertiary/aromatic N) is 2. The summed E-state index contributed by atoms with van der Waals surface area (Å²) in [6.45, 7) is -0.285. The lowest BCUT2D eigenvalue weighted by molar-refractivity contribution is -0.385. The highest BCUT2D eigenvalue weighted by Crippen LogP contribution is 2.33. The Morgan fingerprint density at radius 1 is 1.13 bits per heavy atom. The normalized spacial score (nSPS) is 10.6. The number of phenols is 1. The number of phenolic OH excluding ortho intramolecular Hbond substituents is 1. The van der Waals surface area contributed by atoms with Crippen LogP contribution in [0.15, 0.2) is 71.8 Å². The smallest absolute Gasteiger partial charge is 0.277 e. The van der Waals surface area contributed by atoms with E-state index in [1.165, 1.54) is 7.11 Å². The number of carbonyl (C=O) groups excluding carboxylic acids is 1. The maximum atomic E-state index is 11.9. The topological polar surface area (TPSA) is 123 Å². The molecule has 2 N–H and O–H groups in total. The molecule has 0 saturated heterocycles. The molecule has 0 aliphatic rings. The Kier molecular flexibility index (Phi) is 6.79. The van der Waals surface area contributed by atoms with Crippen LogP contribution in [0.3, 0.4) is 0 Å². The number of carbonyl (C=O) groups is 1. The minimum Gasteiger partial charge on any atom is -0.504 e. The molecule has 0 saturated carbocycles. The molecule has 0 aliphatic heterocycles. The van der Waals surface area contributed by atoms with Gasteiger partial charge in [0.2, 0.25) is 0 Å². The van der Waals surface area contributed by atoms with Crippen molar-refractivity contribution in [2.75, 3.05) is 13.7 Å². The average molecular weight is 421 g/mol. The molecule has 9 nitrogen and oxygen atoms in total. The Morgan fingerprint density at radius 2 is 1.81 bits per heavy atom. The Morgan fingerprint density at radius 3 is 2.45 bits per heavy atom. The molecule has 0 atom stereocenters. The van der Waals surface area contributed by atoms with Gasteiger partial charge in [0.15, 0.2) is 18.1 Å². The van der Waals surface area contributed by atoms with Crippen molar-refractivity contribution >= 4 is 17.8 Å². The minimum absolute atomic E-state index is 0.0174. The second-order valence-corrected chi connectivity index (χ2v) is 6.32. The van der Waals surface area contributed by atoms with E-state index in [0.717, 1.165) is 29.5 Å². The Balaban J connectivity index is 1.56. The SMILES string of the molecule is COc1cc([N+](=O)[O-])cc(C=NNC(=O)COc2ccc(-c3ccccc3)cc2)c1O. The van der Waals surface area contributed by atoms with Crippen LogP contribution in [0.25, 0.3) is 11.1 Å². The fraction of sp³-hybridized carbons (Fsp3) is 0.0909. The number of rotatable bonds is 8. The van der Waals surface area contributed by atoms with E-state index >= 15 is 0 Å². The van der Waals surface area contributed by atoms with Crippen molar-refractivity contribution < 1.29 is 24.3 Å². The molecule has 0 unspecified atom stereocenters. The van der Waals surface area contributed by atoms with Gasteiger partial charge in [-0.3, -0.25) is 14.9 Å². The van der Waals surface area contributed by atoms with E-state index in [1.54, 1.807) is 12.1 Å². The van der Waals surface area contributed by atoms with Gasteiger partial charge in [-0.2, -0.15) is 5.10 Å². The summed E-state index contributed by atoms with van der Waals surface area (Å²) in [5.74, 6) is -0.440. The highest BCUT2D eigenvalue weighted by molar-refractivity contribution is 5.87. The Labute approximate surface area is 177 Å². The van der Waals surface area contributed by atoms with Crippen LogP contribution in [0.2, 0.25) is 0 Å². The molecule has 0 heterocycles. The molecule has 1 amide bonds. The number of non-ortho nitro benzene ring substituents is 1. The van der Waals surface area contributed by atoms with E-state index in [2.05, 4.69) is 10.5 Å². The standard InChI is InChI=1S/C22H19N3O6/c1-30-20-12-18(25(28)29)11-17(22(20)27)13-23-24-21(26)14-31-19-9-7-16(8-10-19)15-5-3-2-4-6-15/h2-13,27H,14H2,1H3,(H,24,26). The lowest BCUT2D eigenvalue weighted by Gasteiger charge is -2.07. The number of methoxy groups -OCH3 is 1. The van der Waals surface area contributed by atoms with Gasteiger partial charge >= 0.3 is 0 Å². The maximum absolute atomic E-state index is 11.9. The molecule has 0 radical (unpaired) electrons. The zero-order valence-electron chi connectivity index (χ0n) is 16.5. The lowest BCUT2D eigenvalue weighted by Crippen LogP contribution is -2.24. The van der Waals surface area contributed by atoms with Crippen LogP contribution in [0.4, 0.5) is 5.69 Å². The van der Waals surface area contributed by atoms with Gasteiger partial charge in [0.1, 0.15) is 5.75 Å². The van der Waals surface area contributed by atoms with Crippen molar-refractivity contribution in [3.63, 3.8) is 0 Å². The highest BCUT2D eigenvalue weighted by atomic mass is 16.6. The first-order valence-electron chi connectivity index (χ1n) is 9.13. The number of benzene rings is 3. The molecule has 3 aromatic carbocycles. The summed E-state index contributed by atoms with van der Waals surface area (Å²) >= 11 is 0. The van der Waals surface area contributed by atoms with Gasteiger partial charge < -0.3 is 14.6 Å². The van der Waals surface area contributed by atoms with Crippen molar-refractivity contribution in [3.05, 3.63) is 82.4 Å². The fourth-order valence-corrected chi connectivity index (χ4v) is 2.70. The number of hydrazone groups is 1.